The Kier molecular flexibility index (Phi) is 16.6. The second-order valence-electron chi connectivity index (χ2n) is 13.0. The predicted octanol–water partition coefficient (Wildman–Crippen LogP) is 10.6. The van der Waals surface area contributed by atoms with Crippen LogP contribution in [0.5, 0.6) is 0 Å². The van der Waals surface area contributed by atoms with Crippen LogP contribution >= 0.6 is 15.8 Å². The van der Waals surface area contributed by atoms with Gasteiger partial charge < -0.3 is 14.9 Å². The van der Waals surface area contributed by atoms with Crippen LogP contribution in [0.25, 0.3) is 0 Å². The van der Waals surface area contributed by atoms with Crippen LogP contribution in [0.15, 0.2) is 169 Å². The fraction of sp³-hybridized carbons (Fsp3) is 0.234. The molecule has 0 N–H and O–H groups in total. The number of nitrogens with zero attached hydrogens (tertiary/aromatic N) is 1. The van der Waals surface area contributed by atoms with Crippen LogP contribution in [0.4, 0.5) is 0 Å². The van der Waals surface area contributed by atoms with Crippen LogP contribution in [-0.2, 0) is 17.1 Å². The summed E-state index contributed by atoms with van der Waals surface area (Å²) in [4.78, 5) is 2.84. The molecule has 8 rings (SSSR count). The molecule has 1 unspecified atom stereocenters. The summed E-state index contributed by atoms with van der Waals surface area (Å²) in [5.74, 6) is 0.495. The first kappa shape index (κ1) is 40.7. The van der Waals surface area contributed by atoms with Gasteiger partial charge in [0.05, 0.1) is 0 Å². The first-order chi connectivity index (χ1) is 23.9. The van der Waals surface area contributed by atoms with Crippen LogP contribution < -0.4 is 26.5 Å². The topological polar surface area (TPSA) is 3.24 Å². The third-order valence-electron chi connectivity index (χ3n) is 9.85. The number of hydrogen-bond donors (Lipinski definition) is 0. The second-order valence-corrected chi connectivity index (χ2v) is 17.4. The van der Waals surface area contributed by atoms with E-state index in [1.165, 1.54) is 83.7 Å². The Morgan fingerprint density at radius 2 is 0.922 bits per heavy atom. The summed E-state index contributed by atoms with van der Waals surface area (Å²) in [5, 5.41) is 8.96. The molecule has 0 radical (unpaired) electrons. The number of likely N-dealkylation sites (tertiary alicyclic amines) is 1. The number of allylic oxidation sites excluding steroid dienone is 3. The normalized spacial score (nSPS) is 17.1. The molecule has 51 heavy (non-hydrogen) atoms. The second kappa shape index (κ2) is 20.8. The SMILES string of the molecule is C1=C(P(c2ccccc2)c2ccccc2)[C@H](C(c2ccccc2P(c2ccccc2)c2ccccc2)N2CCCC2)CC1.C1=CCCC1.[CH3-].[CH3-].[Fe+2]. The van der Waals surface area contributed by atoms with Crippen molar-refractivity contribution in [3.05, 3.63) is 190 Å². The van der Waals surface area contributed by atoms with E-state index in [0.717, 1.165) is 6.42 Å². The summed E-state index contributed by atoms with van der Waals surface area (Å²) < 4.78 is 0. The molecule has 1 nitrogen and oxygen atoms in total. The van der Waals surface area contributed by atoms with Crippen LogP contribution in [0.2, 0.25) is 0 Å². The summed E-state index contributed by atoms with van der Waals surface area (Å²) in [6.45, 7) is 2.37. The Balaban J connectivity index is 0.000000673. The summed E-state index contributed by atoms with van der Waals surface area (Å²) in [5.41, 5.74) is 1.54. The molecule has 2 atom stereocenters. The van der Waals surface area contributed by atoms with Crippen LogP contribution in [0.1, 0.15) is 56.6 Å². The monoisotopic (exact) mass is 749 g/mol. The molecule has 1 fully saturated rings. The molecule has 5 aromatic rings. The number of benzene rings is 5. The third kappa shape index (κ3) is 9.87. The van der Waals surface area contributed by atoms with E-state index in [1.807, 2.05) is 0 Å². The van der Waals surface area contributed by atoms with E-state index in [1.54, 1.807) is 5.31 Å². The molecule has 1 aliphatic heterocycles. The van der Waals surface area contributed by atoms with Crippen LogP contribution in [0, 0.1) is 20.8 Å². The van der Waals surface area contributed by atoms with E-state index in [9.17, 15) is 0 Å². The van der Waals surface area contributed by atoms with Crippen molar-refractivity contribution >= 4 is 42.4 Å². The van der Waals surface area contributed by atoms with Gasteiger partial charge >= 0.3 is 17.1 Å². The van der Waals surface area contributed by atoms with Gasteiger partial charge in [0, 0.05) is 12.0 Å². The number of hydrogen-bond acceptors (Lipinski definition) is 1. The molecule has 1 heterocycles. The Labute approximate surface area is 322 Å². The van der Waals surface area contributed by atoms with Gasteiger partial charge in [-0.3, -0.25) is 4.90 Å². The minimum atomic E-state index is -0.686. The fourth-order valence-electron chi connectivity index (χ4n) is 7.69. The zero-order valence-electron chi connectivity index (χ0n) is 30.3. The maximum absolute atomic E-state index is 2.84. The van der Waals surface area contributed by atoms with E-state index in [2.05, 4.69) is 169 Å². The van der Waals surface area contributed by atoms with E-state index in [-0.39, 0.29) is 31.9 Å². The van der Waals surface area contributed by atoms with Crippen molar-refractivity contribution in [1.82, 2.24) is 4.90 Å². The third-order valence-corrected chi connectivity index (χ3v) is 15.0. The molecule has 2 aliphatic carbocycles. The quantitative estimate of drug-likeness (QED) is 0.0628. The molecule has 0 amide bonds. The van der Waals surface area contributed by atoms with Gasteiger partial charge in [0.2, 0.25) is 0 Å². The molecule has 3 aliphatic rings. The summed E-state index contributed by atoms with van der Waals surface area (Å²) in [6.07, 6.45) is 16.1. The largest absolute Gasteiger partial charge is 2.00 e. The molecule has 0 spiro atoms. The minimum absolute atomic E-state index is 0. The van der Waals surface area contributed by atoms with Gasteiger partial charge in [0.15, 0.2) is 0 Å². The smallest absolute Gasteiger partial charge is 0.358 e. The van der Waals surface area contributed by atoms with Crippen molar-refractivity contribution in [3.63, 3.8) is 0 Å². The van der Waals surface area contributed by atoms with Crippen LogP contribution in [-0.4, -0.2) is 18.0 Å². The van der Waals surface area contributed by atoms with Crippen molar-refractivity contribution < 1.29 is 17.1 Å². The van der Waals surface area contributed by atoms with Crippen LogP contribution in [0.3, 0.4) is 0 Å². The van der Waals surface area contributed by atoms with Crippen molar-refractivity contribution in [1.29, 1.82) is 0 Å². The van der Waals surface area contributed by atoms with Gasteiger partial charge in [-0.25, -0.2) is 0 Å². The minimum Gasteiger partial charge on any atom is -0.358 e. The fourth-order valence-corrected chi connectivity index (χ4v) is 12.9. The predicted molar refractivity (Wildman–Crippen MR) is 224 cm³/mol. The first-order valence-corrected chi connectivity index (χ1v) is 20.6. The zero-order chi connectivity index (χ0) is 32.4. The van der Waals surface area contributed by atoms with Gasteiger partial charge in [-0.15, -0.1) is 0 Å². The molecule has 4 heteroatoms. The molecule has 264 valence electrons. The van der Waals surface area contributed by atoms with E-state index >= 15 is 0 Å². The Morgan fingerprint density at radius 3 is 1.37 bits per heavy atom. The Bertz CT molecular complexity index is 1680. The van der Waals surface area contributed by atoms with Crippen molar-refractivity contribution in [2.75, 3.05) is 13.1 Å². The molecule has 0 bridgehead atoms. The van der Waals surface area contributed by atoms with Gasteiger partial charge in [-0.2, -0.15) is 0 Å². The Morgan fingerprint density at radius 1 is 0.490 bits per heavy atom. The molecule has 0 saturated carbocycles. The molecular formula is C47H53FeNP2. The van der Waals surface area contributed by atoms with Crippen molar-refractivity contribution in [3.8, 4) is 0 Å². The molecule has 0 aromatic heterocycles. The van der Waals surface area contributed by atoms with Gasteiger partial charge in [-0.05, 0) is 111 Å². The molecule has 1 saturated heterocycles. The van der Waals surface area contributed by atoms with Gasteiger partial charge in [0.1, 0.15) is 0 Å². The summed E-state index contributed by atoms with van der Waals surface area (Å²) in [7, 11) is -1.29. The standard InChI is InChI=1S/C40H39NP2.C5H8.2CH3.Fe/c1-5-18-32(19-6-1)42(33-20-7-2-8-21-33)38-28-14-13-26-36(38)40(41-30-15-16-31-41)37-27-17-29-39(37)43(34-22-9-3-10-23-34)35-24-11-4-12-25-35;1-2-4-5-3-1;;;/h1-14,18-26,28-29,37,40H,15-17,27,30-31H2;1-2H,3-5H2;2*1H3;/q;;2*-1;+2/t37-,40?;;;;/m1..../s1. The van der Waals surface area contributed by atoms with E-state index in [4.69, 9.17) is 0 Å². The average molecular weight is 750 g/mol. The maximum Gasteiger partial charge on any atom is 2.00 e. The van der Waals surface area contributed by atoms with Gasteiger partial charge in [0.25, 0.3) is 0 Å². The molecular weight excluding hydrogens is 696 g/mol. The maximum atomic E-state index is 2.84. The molecule has 5 aromatic carbocycles. The van der Waals surface area contributed by atoms with Gasteiger partial charge in [-0.1, -0.05) is 164 Å². The van der Waals surface area contributed by atoms with Crippen molar-refractivity contribution in [2.45, 2.75) is 51.0 Å². The zero-order valence-corrected chi connectivity index (χ0v) is 33.2. The van der Waals surface area contributed by atoms with E-state index in [0.29, 0.717) is 12.0 Å². The Hall–Kier alpha value is -3.08. The summed E-state index contributed by atoms with van der Waals surface area (Å²) >= 11 is 0. The first-order valence-electron chi connectivity index (χ1n) is 17.9. The van der Waals surface area contributed by atoms with E-state index < -0.39 is 15.8 Å². The van der Waals surface area contributed by atoms with Crippen molar-refractivity contribution in [2.24, 2.45) is 5.92 Å². The number of rotatable bonds is 9. The average Bonchev–Trinajstić information content (AvgIpc) is 3.98. The summed E-state index contributed by atoms with van der Waals surface area (Å²) in [6, 6.07) is 55.0.